The van der Waals surface area contributed by atoms with E-state index in [1.807, 2.05) is 24.1 Å². The van der Waals surface area contributed by atoms with Gasteiger partial charge >= 0.3 is 0 Å². The predicted octanol–water partition coefficient (Wildman–Crippen LogP) is 3.02. The molecule has 1 aromatic carbocycles. The van der Waals surface area contributed by atoms with Gasteiger partial charge in [-0.2, -0.15) is 4.98 Å². The van der Waals surface area contributed by atoms with E-state index >= 15 is 0 Å². The molecule has 0 aliphatic rings. The predicted molar refractivity (Wildman–Crippen MR) is 88.1 cm³/mol. The summed E-state index contributed by atoms with van der Waals surface area (Å²) in [7, 11) is 3.59. The molecule has 0 atom stereocenters. The SMILES string of the molecule is COCCN(C)c1ccc(-c2nc(-c3ccccc3F)no2)cn1. The number of rotatable bonds is 6. The van der Waals surface area contributed by atoms with Crippen molar-refractivity contribution in [3.05, 3.63) is 48.4 Å². The molecule has 0 amide bonds. The van der Waals surface area contributed by atoms with Crippen LogP contribution in [0.1, 0.15) is 0 Å². The molecule has 0 saturated carbocycles. The van der Waals surface area contributed by atoms with Crippen LogP contribution in [0, 0.1) is 5.82 Å². The third kappa shape index (κ3) is 3.41. The van der Waals surface area contributed by atoms with Crippen LogP contribution >= 0.6 is 0 Å². The molecule has 2 heterocycles. The summed E-state index contributed by atoms with van der Waals surface area (Å²) in [5.74, 6) is 0.930. The molecule has 0 radical (unpaired) electrons. The van der Waals surface area contributed by atoms with E-state index in [0.717, 1.165) is 12.4 Å². The van der Waals surface area contributed by atoms with Gasteiger partial charge in [0.1, 0.15) is 11.6 Å². The lowest BCUT2D eigenvalue weighted by Gasteiger charge is -2.17. The quantitative estimate of drug-likeness (QED) is 0.693. The number of pyridine rings is 1. The molecule has 0 fully saturated rings. The van der Waals surface area contributed by atoms with Crippen molar-refractivity contribution in [2.75, 3.05) is 32.2 Å². The number of halogens is 1. The van der Waals surface area contributed by atoms with Gasteiger partial charge in [0.25, 0.3) is 5.89 Å². The minimum Gasteiger partial charge on any atom is -0.383 e. The summed E-state index contributed by atoms with van der Waals surface area (Å²) < 4.78 is 24.1. The molecule has 3 rings (SSSR count). The molecule has 7 heteroatoms. The lowest BCUT2D eigenvalue weighted by Crippen LogP contribution is -2.22. The highest BCUT2D eigenvalue weighted by Crippen LogP contribution is 2.24. The number of nitrogens with zero attached hydrogens (tertiary/aromatic N) is 4. The van der Waals surface area contributed by atoms with Crippen LogP contribution in [0.25, 0.3) is 22.8 Å². The average molecular weight is 328 g/mol. The Kier molecular flexibility index (Phi) is 4.81. The zero-order valence-electron chi connectivity index (χ0n) is 13.4. The molecule has 6 nitrogen and oxygen atoms in total. The maximum Gasteiger partial charge on any atom is 0.259 e. The monoisotopic (exact) mass is 328 g/mol. The fraction of sp³-hybridized carbons (Fsp3) is 0.235. The van der Waals surface area contributed by atoms with Gasteiger partial charge < -0.3 is 14.2 Å². The Morgan fingerprint density at radius 3 is 2.75 bits per heavy atom. The van der Waals surface area contributed by atoms with E-state index in [9.17, 15) is 4.39 Å². The zero-order chi connectivity index (χ0) is 16.9. The highest BCUT2D eigenvalue weighted by molar-refractivity contribution is 5.60. The second-order valence-electron chi connectivity index (χ2n) is 5.22. The fourth-order valence-electron chi connectivity index (χ4n) is 2.17. The van der Waals surface area contributed by atoms with E-state index in [0.29, 0.717) is 23.6 Å². The van der Waals surface area contributed by atoms with Crippen LogP contribution in [0.3, 0.4) is 0 Å². The van der Waals surface area contributed by atoms with Crippen molar-refractivity contribution < 1.29 is 13.7 Å². The summed E-state index contributed by atoms with van der Waals surface area (Å²) in [4.78, 5) is 10.6. The van der Waals surface area contributed by atoms with Crippen LogP contribution < -0.4 is 4.90 Å². The minimum absolute atomic E-state index is 0.212. The van der Waals surface area contributed by atoms with Crippen molar-refractivity contribution in [3.8, 4) is 22.8 Å². The normalized spacial score (nSPS) is 10.8. The Balaban J connectivity index is 1.79. The molecular weight excluding hydrogens is 311 g/mol. The minimum atomic E-state index is -0.391. The van der Waals surface area contributed by atoms with Crippen LogP contribution in [0.2, 0.25) is 0 Å². The van der Waals surface area contributed by atoms with E-state index in [1.165, 1.54) is 6.07 Å². The molecular formula is C17H17FN4O2. The Hall–Kier alpha value is -2.80. The first-order valence-corrected chi connectivity index (χ1v) is 7.44. The van der Waals surface area contributed by atoms with Gasteiger partial charge in [0.05, 0.1) is 17.7 Å². The third-order valence-corrected chi connectivity index (χ3v) is 3.56. The Morgan fingerprint density at radius 1 is 1.21 bits per heavy atom. The highest BCUT2D eigenvalue weighted by Gasteiger charge is 2.14. The lowest BCUT2D eigenvalue weighted by molar-refractivity contribution is 0.206. The summed E-state index contributed by atoms with van der Waals surface area (Å²) in [6.45, 7) is 1.36. The zero-order valence-corrected chi connectivity index (χ0v) is 13.4. The lowest BCUT2D eigenvalue weighted by atomic mass is 10.2. The summed E-state index contributed by atoms with van der Waals surface area (Å²) in [6.07, 6.45) is 1.65. The Morgan fingerprint density at radius 2 is 2.04 bits per heavy atom. The second-order valence-corrected chi connectivity index (χ2v) is 5.22. The van der Waals surface area contributed by atoms with Crippen LogP contribution in [-0.4, -0.2) is 42.4 Å². The van der Waals surface area contributed by atoms with E-state index in [4.69, 9.17) is 9.26 Å². The molecule has 0 aliphatic heterocycles. The number of aromatic nitrogens is 3. The Labute approximate surface area is 138 Å². The molecule has 124 valence electrons. The van der Waals surface area contributed by atoms with Crippen LogP contribution in [-0.2, 0) is 4.74 Å². The second kappa shape index (κ2) is 7.18. The maximum atomic E-state index is 13.8. The van der Waals surface area contributed by atoms with Gasteiger partial charge in [-0.05, 0) is 24.3 Å². The van der Waals surface area contributed by atoms with Crippen molar-refractivity contribution in [1.82, 2.24) is 15.1 Å². The molecule has 0 aliphatic carbocycles. The van der Waals surface area contributed by atoms with Gasteiger partial charge in [-0.15, -0.1) is 0 Å². The fourth-order valence-corrected chi connectivity index (χ4v) is 2.17. The molecule has 0 saturated heterocycles. The molecule has 0 unspecified atom stereocenters. The molecule has 24 heavy (non-hydrogen) atoms. The third-order valence-electron chi connectivity index (χ3n) is 3.56. The largest absolute Gasteiger partial charge is 0.383 e. The standard InChI is InChI=1S/C17H17FN4O2/c1-22(9-10-23-2)15-8-7-12(11-19-15)17-20-16(21-24-17)13-5-3-4-6-14(13)18/h3-8,11H,9-10H2,1-2H3. The number of methoxy groups -OCH3 is 1. The first kappa shape index (κ1) is 16.1. The van der Waals surface area contributed by atoms with E-state index in [2.05, 4.69) is 15.1 Å². The van der Waals surface area contributed by atoms with Crippen molar-refractivity contribution >= 4 is 5.82 Å². The average Bonchev–Trinajstić information content (AvgIpc) is 3.10. The smallest absolute Gasteiger partial charge is 0.259 e. The summed E-state index contributed by atoms with van der Waals surface area (Å²) in [5.41, 5.74) is 0.977. The van der Waals surface area contributed by atoms with Gasteiger partial charge in [0.2, 0.25) is 5.82 Å². The number of hydrogen-bond donors (Lipinski definition) is 0. The van der Waals surface area contributed by atoms with Crippen LogP contribution in [0.5, 0.6) is 0 Å². The van der Waals surface area contributed by atoms with Gasteiger partial charge in [-0.1, -0.05) is 17.3 Å². The number of likely N-dealkylation sites (N-methyl/N-ethyl adjacent to an activating group) is 1. The molecule has 0 spiro atoms. The van der Waals surface area contributed by atoms with Crippen molar-refractivity contribution in [2.45, 2.75) is 0 Å². The molecule has 2 aromatic heterocycles. The van der Waals surface area contributed by atoms with Crippen molar-refractivity contribution in [1.29, 1.82) is 0 Å². The molecule has 3 aromatic rings. The van der Waals surface area contributed by atoms with Crippen LogP contribution in [0.15, 0.2) is 47.1 Å². The van der Waals surface area contributed by atoms with Crippen molar-refractivity contribution in [2.24, 2.45) is 0 Å². The first-order chi connectivity index (χ1) is 11.7. The Bertz CT molecular complexity index is 804. The van der Waals surface area contributed by atoms with E-state index in [1.54, 1.807) is 31.5 Å². The van der Waals surface area contributed by atoms with Gasteiger partial charge in [-0.25, -0.2) is 9.37 Å². The van der Waals surface area contributed by atoms with Crippen LogP contribution in [0.4, 0.5) is 10.2 Å². The van der Waals surface area contributed by atoms with Gasteiger partial charge in [0, 0.05) is 26.9 Å². The van der Waals surface area contributed by atoms with Crippen molar-refractivity contribution in [3.63, 3.8) is 0 Å². The summed E-state index contributed by atoms with van der Waals surface area (Å²) in [5, 5.41) is 3.84. The highest BCUT2D eigenvalue weighted by atomic mass is 19.1. The first-order valence-electron chi connectivity index (χ1n) is 7.44. The van der Waals surface area contributed by atoms with E-state index in [-0.39, 0.29) is 5.82 Å². The number of hydrogen-bond acceptors (Lipinski definition) is 6. The topological polar surface area (TPSA) is 64.3 Å². The van der Waals surface area contributed by atoms with E-state index < -0.39 is 5.82 Å². The van der Waals surface area contributed by atoms with Gasteiger partial charge in [-0.3, -0.25) is 0 Å². The van der Waals surface area contributed by atoms with Gasteiger partial charge in [0.15, 0.2) is 0 Å². The number of ether oxygens (including phenoxy) is 1. The molecule has 0 bridgehead atoms. The molecule has 0 N–H and O–H groups in total. The summed E-state index contributed by atoms with van der Waals surface area (Å²) >= 11 is 0. The maximum absolute atomic E-state index is 13.8. The number of anilines is 1. The number of benzene rings is 1. The summed E-state index contributed by atoms with van der Waals surface area (Å²) in [6, 6.07) is 10.00.